The Balaban J connectivity index is 1.94. The highest BCUT2D eigenvalue weighted by atomic mass is 19.1. The van der Waals surface area contributed by atoms with Gasteiger partial charge >= 0.3 is 0 Å². The Morgan fingerprint density at radius 1 is 1.00 bits per heavy atom. The van der Waals surface area contributed by atoms with Crippen molar-refractivity contribution in [2.24, 2.45) is 0 Å². The Morgan fingerprint density at radius 3 is 2.53 bits per heavy atom. The summed E-state index contributed by atoms with van der Waals surface area (Å²) < 4.78 is 26.7. The molecular weight excluding hydrogens is 244 g/mol. The molecule has 0 unspecified atom stereocenters. The summed E-state index contributed by atoms with van der Waals surface area (Å²) in [4.78, 5) is 2.90. The third kappa shape index (κ3) is 3.55. The molecule has 0 atom stereocenters. The lowest BCUT2D eigenvalue weighted by Gasteiger charge is -2.01. The van der Waals surface area contributed by atoms with Crippen molar-refractivity contribution in [3.63, 3.8) is 0 Å². The quantitative estimate of drug-likeness (QED) is 0.649. The highest BCUT2D eigenvalue weighted by Crippen LogP contribution is 2.24. The highest BCUT2D eigenvalue weighted by molar-refractivity contribution is 5.83. The number of aromatic amines is 1. The summed E-state index contributed by atoms with van der Waals surface area (Å²) in [5.74, 6) is -1.02. The molecule has 0 aliphatic rings. The Morgan fingerprint density at radius 2 is 1.74 bits per heavy atom. The Kier molecular flexibility index (Phi) is 4.94. The first kappa shape index (κ1) is 14.0. The number of rotatable bonds is 7. The topological polar surface area (TPSA) is 15.8 Å². The van der Waals surface area contributed by atoms with E-state index in [4.69, 9.17) is 0 Å². The van der Waals surface area contributed by atoms with Crippen LogP contribution in [0.3, 0.4) is 0 Å². The first-order valence-electron chi connectivity index (χ1n) is 7.17. The summed E-state index contributed by atoms with van der Waals surface area (Å²) in [5, 5.41) is 0.686. The predicted molar refractivity (Wildman–Crippen MR) is 75.3 cm³/mol. The van der Waals surface area contributed by atoms with Gasteiger partial charge in [0.2, 0.25) is 0 Å². The molecule has 1 nitrogen and oxygen atoms in total. The van der Waals surface area contributed by atoms with Gasteiger partial charge in [-0.3, -0.25) is 0 Å². The van der Waals surface area contributed by atoms with Crippen LogP contribution in [0.25, 0.3) is 10.9 Å². The fourth-order valence-corrected chi connectivity index (χ4v) is 2.51. The van der Waals surface area contributed by atoms with E-state index in [9.17, 15) is 8.78 Å². The summed E-state index contributed by atoms with van der Waals surface area (Å²) in [7, 11) is 0. The van der Waals surface area contributed by atoms with Crippen LogP contribution in [-0.4, -0.2) is 4.98 Å². The van der Waals surface area contributed by atoms with Crippen LogP contribution in [0.2, 0.25) is 0 Å². The van der Waals surface area contributed by atoms with Gasteiger partial charge in [0.1, 0.15) is 11.6 Å². The van der Waals surface area contributed by atoms with E-state index >= 15 is 0 Å². The lowest BCUT2D eigenvalue weighted by Crippen LogP contribution is -1.86. The molecule has 0 aliphatic carbocycles. The van der Waals surface area contributed by atoms with Gasteiger partial charge in [-0.1, -0.05) is 39.0 Å². The summed E-state index contributed by atoms with van der Waals surface area (Å²) >= 11 is 0. The number of H-pyrrole nitrogens is 1. The third-order valence-corrected chi connectivity index (χ3v) is 3.59. The largest absolute Gasteiger partial charge is 0.359 e. The number of aryl methyl sites for hydroxylation is 1. The van der Waals surface area contributed by atoms with Crippen molar-refractivity contribution >= 4 is 10.9 Å². The maximum absolute atomic E-state index is 13.5. The van der Waals surface area contributed by atoms with Crippen LogP contribution < -0.4 is 0 Å². The molecule has 2 rings (SSSR count). The maximum Gasteiger partial charge on any atom is 0.150 e. The Bertz CT molecular complexity index is 531. The molecule has 0 fully saturated rings. The summed E-state index contributed by atoms with van der Waals surface area (Å²) in [6.45, 7) is 2.20. The maximum atomic E-state index is 13.5. The number of halogens is 2. The van der Waals surface area contributed by atoms with Gasteiger partial charge in [-0.15, -0.1) is 0 Å². The second-order valence-corrected chi connectivity index (χ2v) is 5.14. The fourth-order valence-electron chi connectivity index (χ4n) is 2.51. The first-order valence-corrected chi connectivity index (χ1v) is 7.17. The number of hydrogen-bond acceptors (Lipinski definition) is 0. The molecule has 1 aromatic heterocycles. The highest BCUT2D eigenvalue weighted by Gasteiger charge is 2.09. The average molecular weight is 265 g/mol. The van der Waals surface area contributed by atoms with E-state index in [0.29, 0.717) is 10.9 Å². The smallest absolute Gasteiger partial charge is 0.150 e. The SMILES string of the molecule is CCCCCCCCc1c[nH]c2c(F)cc(F)cc12. The zero-order valence-corrected chi connectivity index (χ0v) is 11.4. The van der Waals surface area contributed by atoms with E-state index in [1.54, 1.807) is 6.20 Å². The van der Waals surface area contributed by atoms with Gasteiger partial charge in [0.15, 0.2) is 0 Å². The van der Waals surface area contributed by atoms with E-state index in [-0.39, 0.29) is 0 Å². The minimum Gasteiger partial charge on any atom is -0.359 e. The van der Waals surface area contributed by atoms with E-state index < -0.39 is 11.6 Å². The van der Waals surface area contributed by atoms with Gasteiger partial charge in [-0.25, -0.2) is 8.78 Å². The van der Waals surface area contributed by atoms with Crippen molar-refractivity contribution in [3.05, 3.63) is 35.5 Å². The number of fused-ring (bicyclic) bond motifs is 1. The predicted octanol–water partition coefficient (Wildman–Crippen LogP) is 5.35. The fraction of sp³-hybridized carbons (Fsp3) is 0.500. The summed E-state index contributed by atoms with van der Waals surface area (Å²) in [5.41, 5.74) is 1.44. The molecule has 0 aliphatic heterocycles. The zero-order chi connectivity index (χ0) is 13.7. The number of hydrogen-bond donors (Lipinski definition) is 1. The van der Waals surface area contributed by atoms with Gasteiger partial charge in [-0.2, -0.15) is 0 Å². The summed E-state index contributed by atoms with van der Waals surface area (Å²) in [6, 6.07) is 2.34. The third-order valence-electron chi connectivity index (χ3n) is 3.59. The molecule has 0 saturated carbocycles. The van der Waals surface area contributed by atoms with Gasteiger partial charge in [-0.05, 0) is 24.5 Å². The number of aromatic nitrogens is 1. The van der Waals surface area contributed by atoms with Gasteiger partial charge < -0.3 is 4.98 Å². The Labute approximate surface area is 113 Å². The van der Waals surface area contributed by atoms with Crippen LogP contribution in [-0.2, 0) is 6.42 Å². The molecule has 0 bridgehead atoms. The molecule has 0 spiro atoms. The van der Waals surface area contributed by atoms with Crippen LogP contribution in [0, 0.1) is 11.6 Å². The molecule has 19 heavy (non-hydrogen) atoms. The molecule has 0 radical (unpaired) electrons. The van der Waals surface area contributed by atoms with Gasteiger partial charge in [0, 0.05) is 17.6 Å². The Hall–Kier alpha value is -1.38. The van der Waals surface area contributed by atoms with Crippen LogP contribution >= 0.6 is 0 Å². The van der Waals surface area contributed by atoms with Crippen molar-refractivity contribution in [2.75, 3.05) is 0 Å². The molecule has 2 aromatic rings. The minimum atomic E-state index is -0.510. The lowest BCUT2D eigenvalue weighted by molar-refractivity contribution is 0.590. The van der Waals surface area contributed by atoms with E-state index in [1.165, 1.54) is 38.2 Å². The van der Waals surface area contributed by atoms with Crippen molar-refractivity contribution in [2.45, 2.75) is 51.9 Å². The zero-order valence-electron chi connectivity index (χ0n) is 11.4. The van der Waals surface area contributed by atoms with E-state index in [1.807, 2.05) is 0 Å². The van der Waals surface area contributed by atoms with Crippen molar-refractivity contribution in [1.82, 2.24) is 4.98 Å². The first-order chi connectivity index (χ1) is 9.22. The molecule has 0 amide bonds. The van der Waals surface area contributed by atoms with Crippen LogP contribution in [0.5, 0.6) is 0 Å². The molecule has 3 heteroatoms. The van der Waals surface area contributed by atoms with Crippen LogP contribution in [0.4, 0.5) is 8.78 Å². The summed E-state index contributed by atoms with van der Waals surface area (Å²) in [6.07, 6.45) is 10.0. The van der Waals surface area contributed by atoms with Crippen molar-refractivity contribution in [3.8, 4) is 0 Å². The number of unbranched alkanes of at least 4 members (excludes halogenated alkanes) is 5. The second-order valence-electron chi connectivity index (χ2n) is 5.14. The number of nitrogens with one attached hydrogen (secondary N) is 1. The standard InChI is InChI=1S/C16H21F2N/c1-2-3-4-5-6-7-8-12-11-19-16-14(12)9-13(17)10-15(16)18/h9-11,19H,2-8H2,1H3. The van der Waals surface area contributed by atoms with Crippen molar-refractivity contribution < 1.29 is 8.78 Å². The molecule has 104 valence electrons. The van der Waals surface area contributed by atoms with Gasteiger partial charge in [0.05, 0.1) is 5.52 Å². The lowest BCUT2D eigenvalue weighted by atomic mass is 10.0. The second kappa shape index (κ2) is 6.69. The molecular formula is C16H21F2N. The van der Waals surface area contributed by atoms with E-state index in [0.717, 1.165) is 24.5 Å². The van der Waals surface area contributed by atoms with E-state index in [2.05, 4.69) is 11.9 Å². The van der Waals surface area contributed by atoms with Crippen molar-refractivity contribution in [1.29, 1.82) is 0 Å². The van der Waals surface area contributed by atoms with Gasteiger partial charge in [0.25, 0.3) is 0 Å². The molecule has 0 saturated heterocycles. The normalized spacial score (nSPS) is 11.3. The average Bonchev–Trinajstić information content (AvgIpc) is 2.77. The number of benzene rings is 1. The van der Waals surface area contributed by atoms with Crippen LogP contribution in [0.15, 0.2) is 18.3 Å². The molecule has 1 N–H and O–H groups in total. The molecule has 1 aromatic carbocycles. The monoisotopic (exact) mass is 265 g/mol. The minimum absolute atomic E-state index is 0.419. The molecule has 1 heterocycles. The van der Waals surface area contributed by atoms with Crippen LogP contribution in [0.1, 0.15) is 51.0 Å².